The molecule has 2 heterocycles. The molecule has 2 aliphatic rings. The van der Waals surface area contributed by atoms with Crippen LogP contribution in [0, 0.1) is 0 Å². The maximum absolute atomic E-state index is 12.7. The molecule has 0 bridgehead atoms. The molecule has 3 amide bonds. The van der Waals surface area contributed by atoms with E-state index >= 15 is 0 Å². The highest BCUT2D eigenvalue weighted by Gasteiger charge is 2.34. The van der Waals surface area contributed by atoms with Crippen molar-refractivity contribution in [2.24, 2.45) is 0 Å². The number of rotatable bonds is 5. The standard InChI is InChI=1S/C22H20BrN3O5/c23-18-13-15(6-7-19(18)31-14-20(27)25-8-10-30-11-9-25)12-17-21(28)24-26(22(17)29)16-4-2-1-3-5-16/h1-7,12-13H,8-11,14H2,(H,24,28)/b17-12-. The minimum Gasteiger partial charge on any atom is -0.483 e. The number of anilines is 1. The van der Waals surface area contributed by atoms with Crippen molar-refractivity contribution in [1.29, 1.82) is 0 Å². The molecule has 31 heavy (non-hydrogen) atoms. The lowest BCUT2D eigenvalue weighted by Crippen LogP contribution is -2.43. The van der Waals surface area contributed by atoms with Crippen LogP contribution in [0.5, 0.6) is 5.75 Å². The number of benzene rings is 2. The summed E-state index contributed by atoms with van der Waals surface area (Å²) in [5, 5.41) is 1.22. The first kappa shape index (κ1) is 21.1. The van der Waals surface area contributed by atoms with Crippen LogP contribution in [0.3, 0.4) is 0 Å². The lowest BCUT2D eigenvalue weighted by Gasteiger charge is -2.26. The van der Waals surface area contributed by atoms with Gasteiger partial charge in [-0.3, -0.25) is 19.8 Å². The van der Waals surface area contributed by atoms with Gasteiger partial charge in [-0.25, -0.2) is 5.01 Å². The van der Waals surface area contributed by atoms with Crippen molar-refractivity contribution in [3.05, 3.63) is 64.1 Å². The van der Waals surface area contributed by atoms with Gasteiger partial charge in [0.15, 0.2) is 6.61 Å². The second kappa shape index (κ2) is 9.32. The zero-order chi connectivity index (χ0) is 21.8. The summed E-state index contributed by atoms with van der Waals surface area (Å²) in [5.41, 5.74) is 3.83. The second-order valence-electron chi connectivity index (χ2n) is 6.95. The zero-order valence-electron chi connectivity index (χ0n) is 16.5. The Morgan fingerprint density at radius 2 is 1.87 bits per heavy atom. The Labute approximate surface area is 187 Å². The number of nitrogens with one attached hydrogen (secondary N) is 1. The van der Waals surface area contributed by atoms with Gasteiger partial charge in [-0.05, 0) is 51.8 Å². The fourth-order valence-corrected chi connectivity index (χ4v) is 3.76. The zero-order valence-corrected chi connectivity index (χ0v) is 18.1. The predicted molar refractivity (Wildman–Crippen MR) is 117 cm³/mol. The van der Waals surface area contributed by atoms with Crippen LogP contribution in [0.4, 0.5) is 5.69 Å². The van der Waals surface area contributed by atoms with Gasteiger partial charge in [0.25, 0.3) is 17.7 Å². The average Bonchev–Trinajstić information content (AvgIpc) is 3.08. The van der Waals surface area contributed by atoms with E-state index < -0.39 is 11.8 Å². The van der Waals surface area contributed by atoms with Crippen LogP contribution in [0.1, 0.15) is 5.56 Å². The summed E-state index contributed by atoms with van der Waals surface area (Å²) < 4.78 is 11.5. The maximum Gasteiger partial charge on any atom is 0.282 e. The second-order valence-corrected chi connectivity index (χ2v) is 7.80. The van der Waals surface area contributed by atoms with Gasteiger partial charge in [0, 0.05) is 13.1 Å². The Hall–Kier alpha value is -3.17. The molecule has 2 aromatic carbocycles. The molecule has 0 radical (unpaired) electrons. The third-order valence-electron chi connectivity index (χ3n) is 4.89. The Balaban J connectivity index is 1.44. The molecule has 2 saturated heterocycles. The summed E-state index contributed by atoms with van der Waals surface area (Å²) in [4.78, 5) is 39.0. The Bertz CT molecular complexity index is 1030. The quantitative estimate of drug-likeness (QED) is 0.517. The van der Waals surface area contributed by atoms with E-state index in [9.17, 15) is 14.4 Å². The number of carbonyl (C=O) groups is 3. The van der Waals surface area contributed by atoms with Crippen LogP contribution < -0.4 is 15.2 Å². The number of hydrogen-bond acceptors (Lipinski definition) is 5. The van der Waals surface area contributed by atoms with Crippen molar-refractivity contribution >= 4 is 45.4 Å². The lowest BCUT2D eigenvalue weighted by molar-refractivity contribution is -0.137. The molecule has 160 valence electrons. The number of nitrogens with zero attached hydrogens (tertiary/aromatic N) is 2. The van der Waals surface area contributed by atoms with E-state index in [1.807, 2.05) is 6.07 Å². The van der Waals surface area contributed by atoms with Gasteiger partial charge in [0.1, 0.15) is 11.3 Å². The predicted octanol–water partition coefficient (Wildman–Crippen LogP) is 2.15. The van der Waals surface area contributed by atoms with Gasteiger partial charge in [0.2, 0.25) is 0 Å². The van der Waals surface area contributed by atoms with E-state index in [0.29, 0.717) is 47.8 Å². The first-order valence-electron chi connectivity index (χ1n) is 9.73. The first-order valence-corrected chi connectivity index (χ1v) is 10.5. The molecule has 4 rings (SSSR count). The van der Waals surface area contributed by atoms with Crippen molar-refractivity contribution in [2.75, 3.05) is 37.9 Å². The highest BCUT2D eigenvalue weighted by molar-refractivity contribution is 9.10. The molecule has 0 unspecified atom stereocenters. The molecule has 0 aliphatic carbocycles. The third kappa shape index (κ3) is 4.78. The van der Waals surface area contributed by atoms with E-state index in [-0.39, 0.29) is 18.1 Å². The number of para-hydroxylation sites is 1. The number of carbonyl (C=O) groups excluding carboxylic acids is 3. The van der Waals surface area contributed by atoms with Crippen molar-refractivity contribution in [1.82, 2.24) is 10.3 Å². The molecule has 0 atom stereocenters. The van der Waals surface area contributed by atoms with Crippen molar-refractivity contribution in [2.45, 2.75) is 0 Å². The van der Waals surface area contributed by atoms with E-state index in [2.05, 4.69) is 21.4 Å². The SMILES string of the molecule is O=C1NN(c2ccccc2)C(=O)/C1=C\c1ccc(OCC(=O)N2CCOCC2)c(Br)c1. The van der Waals surface area contributed by atoms with Crippen LogP contribution in [-0.2, 0) is 19.1 Å². The lowest BCUT2D eigenvalue weighted by atomic mass is 10.1. The van der Waals surface area contributed by atoms with Crippen LogP contribution in [0.2, 0.25) is 0 Å². The topological polar surface area (TPSA) is 88.2 Å². The largest absolute Gasteiger partial charge is 0.483 e. The summed E-state index contributed by atoms with van der Waals surface area (Å²) in [6.45, 7) is 2.11. The van der Waals surface area contributed by atoms with Crippen molar-refractivity contribution < 1.29 is 23.9 Å². The summed E-state index contributed by atoms with van der Waals surface area (Å²) >= 11 is 3.43. The van der Waals surface area contributed by atoms with E-state index in [0.717, 1.165) is 0 Å². The molecule has 0 spiro atoms. The van der Waals surface area contributed by atoms with Gasteiger partial charge < -0.3 is 14.4 Å². The molecular formula is C22H20BrN3O5. The molecule has 2 aliphatic heterocycles. The molecule has 9 heteroatoms. The van der Waals surface area contributed by atoms with Crippen LogP contribution in [-0.4, -0.2) is 55.5 Å². The molecular weight excluding hydrogens is 466 g/mol. The molecule has 0 saturated carbocycles. The smallest absolute Gasteiger partial charge is 0.282 e. The van der Waals surface area contributed by atoms with Gasteiger partial charge >= 0.3 is 0 Å². The molecule has 0 aromatic heterocycles. The number of hydrazine groups is 1. The third-order valence-corrected chi connectivity index (χ3v) is 5.51. The number of halogens is 1. The highest BCUT2D eigenvalue weighted by atomic mass is 79.9. The monoisotopic (exact) mass is 485 g/mol. The first-order chi connectivity index (χ1) is 15.0. The average molecular weight is 486 g/mol. The molecule has 2 fully saturated rings. The minimum absolute atomic E-state index is 0.0342. The normalized spacial score (nSPS) is 17.8. The van der Waals surface area contributed by atoms with E-state index in [4.69, 9.17) is 9.47 Å². The summed E-state index contributed by atoms with van der Waals surface area (Å²) in [6.07, 6.45) is 1.52. The summed E-state index contributed by atoms with van der Waals surface area (Å²) in [5.74, 6) is -0.502. The van der Waals surface area contributed by atoms with Crippen LogP contribution >= 0.6 is 15.9 Å². The van der Waals surface area contributed by atoms with E-state index in [1.54, 1.807) is 47.4 Å². The van der Waals surface area contributed by atoms with Gasteiger partial charge in [0.05, 0.1) is 23.4 Å². The fraction of sp³-hybridized carbons (Fsp3) is 0.227. The van der Waals surface area contributed by atoms with Gasteiger partial charge in [-0.1, -0.05) is 24.3 Å². The van der Waals surface area contributed by atoms with Gasteiger partial charge in [-0.15, -0.1) is 0 Å². The van der Waals surface area contributed by atoms with Crippen LogP contribution in [0.15, 0.2) is 58.6 Å². The molecule has 8 nitrogen and oxygen atoms in total. The number of ether oxygens (including phenoxy) is 2. The minimum atomic E-state index is -0.471. The summed E-state index contributed by atoms with van der Waals surface area (Å²) in [7, 11) is 0. The number of amides is 3. The molecule has 2 aromatic rings. The number of morpholine rings is 1. The molecule has 1 N–H and O–H groups in total. The van der Waals surface area contributed by atoms with Gasteiger partial charge in [-0.2, -0.15) is 0 Å². The number of hydrogen-bond donors (Lipinski definition) is 1. The highest BCUT2D eigenvalue weighted by Crippen LogP contribution is 2.28. The Morgan fingerprint density at radius 3 is 2.58 bits per heavy atom. The van der Waals surface area contributed by atoms with Crippen molar-refractivity contribution in [3.8, 4) is 5.75 Å². The summed E-state index contributed by atoms with van der Waals surface area (Å²) in [6, 6.07) is 14.0. The Kier molecular flexibility index (Phi) is 6.34. The van der Waals surface area contributed by atoms with E-state index in [1.165, 1.54) is 11.1 Å². The van der Waals surface area contributed by atoms with Crippen LogP contribution in [0.25, 0.3) is 6.08 Å². The Morgan fingerprint density at radius 1 is 1.13 bits per heavy atom. The fourth-order valence-electron chi connectivity index (χ4n) is 3.25. The van der Waals surface area contributed by atoms with Crippen molar-refractivity contribution in [3.63, 3.8) is 0 Å². The maximum atomic E-state index is 12.7.